The second kappa shape index (κ2) is 7.51. The molecule has 0 amide bonds. The molecular formula is C18H26FN3O3. The van der Waals surface area contributed by atoms with E-state index in [1.54, 1.807) is 0 Å². The summed E-state index contributed by atoms with van der Waals surface area (Å²) < 4.78 is 30.3. The second-order valence-corrected chi connectivity index (χ2v) is 7.38. The predicted octanol–water partition coefficient (Wildman–Crippen LogP) is 2.04. The van der Waals surface area contributed by atoms with Crippen molar-refractivity contribution in [3.8, 4) is 0 Å². The van der Waals surface area contributed by atoms with Gasteiger partial charge < -0.3 is 19.1 Å². The number of halogens is 1. The summed E-state index contributed by atoms with van der Waals surface area (Å²) in [5, 5.41) is 0. The lowest BCUT2D eigenvalue weighted by Gasteiger charge is -2.50. The number of hydrogen-bond donors (Lipinski definition) is 0. The van der Waals surface area contributed by atoms with Crippen molar-refractivity contribution in [3.63, 3.8) is 0 Å². The lowest BCUT2D eigenvalue weighted by Crippen LogP contribution is -2.65. The van der Waals surface area contributed by atoms with Gasteiger partial charge in [0.2, 0.25) is 5.95 Å². The van der Waals surface area contributed by atoms with Gasteiger partial charge in [-0.1, -0.05) is 0 Å². The summed E-state index contributed by atoms with van der Waals surface area (Å²) in [5.41, 5.74) is -0.0974. The summed E-state index contributed by atoms with van der Waals surface area (Å²) in [7, 11) is 0. The van der Waals surface area contributed by atoms with Crippen LogP contribution in [-0.4, -0.2) is 61.7 Å². The molecule has 4 rings (SSSR count). The van der Waals surface area contributed by atoms with Gasteiger partial charge >= 0.3 is 0 Å². The van der Waals surface area contributed by atoms with Crippen LogP contribution in [0.15, 0.2) is 12.4 Å². The topological polar surface area (TPSA) is 56.7 Å². The molecule has 7 heteroatoms. The minimum absolute atomic E-state index is 0.0974. The third kappa shape index (κ3) is 3.78. The van der Waals surface area contributed by atoms with Crippen LogP contribution in [0.1, 0.15) is 25.7 Å². The lowest BCUT2D eigenvalue weighted by atomic mass is 9.79. The quantitative estimate of drug-likeness (QED) is 0.731. The molecule has 0 radical (unpaired) electrons. The fraction of sp³-hybridized carbons (Fsp3) is 0.778. The smallest absolute Gasteiger partial charge is 0.225 e. The van der Waals surface area contributed by atoms with Crippen LogP contribution in [0.5, 0.6) is 0 Å². The molecule has 6 nitrogen and oxygen atoms in total. The van der Waals surface area contributed by atoms with Gasteiger partial charge in [-0.25, -0.2) is 14.4 Å². The molecule has 4 heterocycles. The standard InChI is InChI=1S/C18H26FN3O3/c19-16-9-20-17(21-10-16)22-12-18(13-22)15(4-8-25-18)3-7-24-11-14-1-5-23-6-2-14/h9-10,14-15H,1-8,11-13H2/t15-/m1/s1. The van der Waals surface area contributed by atoms with Gasteiger partial charge in [-0.2, -0.15) is 0 Å². The van der Waals surface area contributed by atoms with Crippen molar-refractivity contribution in [2.75, 3.05) is 51.0 Å². The van der Waals surface area contributed by atoms with Gasteiger partial charge in [0.1, 0.15) is 5.60 Å². The van der Waals surface area contributed by atoms with E-state index >= 15 is 0 Å². The molecule has 0 saturated carbocycles. The van der Waals surface area contributed by atoms with Gasteiger partial charge in [-0.15, -0.1) is 0 Å². The van der Waals surface area contributed by atoms with E-state index in [9.17, 15) is 4.39 Å². The largest absolute Gasteiger partial charge is 0.381 e. The molecule has 1 atom stereocenters. The molecule has 1 spiro atoms. The molecule has 0 aliphatic carbocycles. The van der Waals surface area contributed by atoms with Crippen LogP contribution in [0.4, 0.5) is 10.3 Å². The van der Waals surface area contributed by atoms with Crippen LogP contribution < -0.4 is 4.90 Å². The number of nitrogens with zero attached hydrogens (tertiary/aromatic N) is 3. The first-order valence-electron chi connectivity index (χ1n) is 9.27. The Bertz CT molecular complexity index is 559. The zero-order chi connectivity index (χ0) is 17.1. The lowest BCUT2D eigenvalue weighted by molar-refractivity contribution is -0.0531. The molecule has 0 bridgehead atoms. The van der Waals surface area contributed by atoms with Crippen molar-refractivity contribution in [3.05, 3.63) is 18.2 Å². The van der Waals surface area contributed by atoms with Gasteiger partial charge in [-0.05, 0) is 37.5 Å². The van der Waals surface area contributed by atoms with Crippen molar-refractivity contribution in [2.45, 2.75) is 31.3 Å². The highest BCUT2D eigenvalue weighted by atomic mass is 19.1. The zero-order valence-corrected chi connectivity index (χ0v) is 14.5. The maximum atomic E-state index is 12.9. The summed E-state index contributed by atoms with van der Waals surface area (Å²) in [6, 6.07) is 0. The molecule has 138 valence electrons. The molecule has 1 aromatic rings. The van der Waals surface area contributed by atoms with Crippen LogP contribution in [-0.2, 0) is 14.2 Å². The summed E-state index contributed by atoms with van der Waals surface area (Å²) in [4.78, 5) is 10.2. The fourth-order valence-electron chi connectivity index (χ4n) is 4.14. The van der Waals surface area contributed by atoms with Gasteiger partial charge in [0, 0.05) is 33.0 Å². The molecule has 0 aromatic carbocycles. The fourth-order valence-corrected chi connectivity index (χ4v) is 4.14. The van der Waals surface area contributed by atoms with Crippen molar-refractivity contribution in [1.29, 1.82) is 0 Å². The molecule has 3 aliphatic heterocycles. The normalized spacial score (nSPS) is 26.1. The van der Waals surface area contributed by atoms with Crippen molar-refractivity contribution >= 4 is 5.95 Å². The Morgan fingerprint density at radius 2 is 1.92 bits per heavy atom. The van der Waals surface area contributed by atoms with Crippen molar-refractivity contribution in [1.82, 2.24) is 9.97 Å². The van der Waals surface area contributed by atoms with E-state index in [-0.39, 0.29) is 5.60 Å². The number of hydrogen-bond acceptors (Lipinski definition) is 6. The first-order chi connectivity index (χ1) is 12.3. The highest BCUT2D eigenvalue weighted by Crippen LogP contribution is 2.42. The summed E-state index contributed by atoms with van der Waals surface area (Å²) in [6.45, 7) is 5.75. The highest BCUT2D eigenvalue weighted by molar-refractivity contribution is 5.37. The molecule has 3 saturated heterocycles. The average Bonchev–Trinajstić information content (AvgIpc) is 3.03. The summed E-state index contributed by atoms with van der Waals surface area (Å²) >= 11 is 0. The van der Waals surface area contributed by atoms with Gasteiger partial charge in [0.05, 0.1) is 25.5 Å². The minimum Gasteiger partial charge on any atom is -0.381 e. The zero-order valence-electron chi connectivity index (χ0n) is 14.5. The van der Waals surface area contributed by atoms with E-state index in [1.807, 2.05) is 0 Å². The van der Waals surface area contributed by atoms with E-state index in [4.69, 9.17) is 14.2 Å². The SMILES string of the molecule is Fc1cnc(N2CC3(C2)OCC[C@H]3CCOCC2CCOCC2)nc1. The molecule has 3 fully saturated rings. The van der Waals surface area contributed by atoms with E-state index < -0.39 is 5.82 Å². The minimum atomic E-state index is -0.407. The first-order valence-corrected chi connectivity index (χ1v) is 9.27. The van der Waals surface area contributed by atoms with Crippen LogP contribution >= 0.6 is 0 Å². The van der Waals surface area contributed by atoms with Crippen molar-refractivity contribution in [2.24, 2.45) is 11.8 Å². The third-order valence-electron chi connectivity index (χ3n) is 5.71. The first kappa shape index (κ1) is 17.1. The van der Waals surface area contributed by atoms with Crippen molar-refractivity contribution < 1.29 is 18.6 Å². The Balaban J connectivity index is 1.22. The van der Waals surface area contributed by atoms with E-state index in [1.165, 1.54) is 12.4 Å². The van der Waals surface area contributed by atoms with E-state index in [0.717, 1.165) is 71.8 Å². The predicted molar refractivity (Wildman–Crippen MR) is 90.0 cm³/mol. The summed E-state index contributed by atoms with van der Waals surface area (Å²) in [5.74, 6) is 1.34. The molecule has 0 N–H and O–H groups in total. The molecule has 0 unspecified atom stereocenters. The maximum absolute atomic E-state index is 12.9. The monoisotopic (exact) mass is 351 g/mol. The Hall–Kier alpha value is -1.31. The highest BCUT2D eigenvalue weighted by Gasteiger charge is 2.53. The third-order valence-corrected chi connectivity index (χ3v) is 5.71. The van der Waals surface area contributed by atoms with Gasteiger partial charge in [0.25, 0.3) is 0 Å². The number of aromatic nitrogens is 2. The second-order valence-electron chi connectivity index (χ2n) is 7.38. The molecule has 3 aliphatic rings. The molecular weight excluding hydrogens is 325 g/mol. The maximum Gasteiger partial charge on any atom is 0.225 e. The van der Waals surface area contributed by atoms with E-state index in [0.29, 0.717) is 17.8 Å². The molecule has 1 aromatic heterocycles. The van der Waals surface area contributed by atoms with Gasteiger partial charge in [-0.3, -0.25) is 0 Å². The average molecular weight is 351 g/mol. The Morgan fingerprint density at radius 1 is 1.16 bits per heavy atom. The van der Waals surface area contributed by atoms with E-state index in [2.05, 4.69) is 14.9 Å². The molecule has 25 heavy (non-hydrogen) atoms. The van der Waals surface area contributed by atoms with Crippen LogP contribution in [0, 0.1) is 17.7 Å². The Kier molecular flexibility index (Phi) is 5.15. The van der Waals surface area contributed by atoms with Crippen LogP contribution in [0.3, 0.4) is 0 Å². The number of ether oxygens (including phenoxy) is 3. The summed E-state index contributed by atoms with van der Waals surface area (Å²) in [6.07, 6.45) is 6.77. The number of rotatable bonds is 6. The van der Waals surface area contributed by atoms with Gasteiger partial charge in [0.15, 0.2) is 5.82 Å². The number of anilines is 1. The Labute approximate surface area is 147 Å². The Morgan fingerprint density at radius 3 is 2.68 bits per heavy atom. The van der Waals surface area contributed by atoms with Crippen LogP contribution in [0.25, 0.3) is 0 Å². The van der Waals surface area contributed by atoms with Crippen LogP contribution in [0.2, 0.25) is 0 Å².